The van der Waals surface area contributed by atoms with Crippen molar-refractivity contribution in [2.75, 3.05) is 5.75 Å². The van der Waals surface area contributed by atoms with E-state index in [9.17, 15) is 0 Å². The molecule has 0 aromatic heterocycles. The van der Waals surface area contributed by atoms with Crippen molar-refractivity contribution in [3.8, 4) is 0 Å². The van der Waals surface area contributed by atoms with Crippen LogP contribution in [0.1, 0.15) is 31.0 Å². The molecule has 0 aliphatic rings. The predicted octanol–water partition coefficient (Wildman–Crippen LogP) is 3.14. The fourth-order valence-electron chi connectivity index (χ4n) is 1.29. The molecule has 78 valence electrons. The topological polar surface area (TPSA) is 26.0 Å². The Hall–Kier alpha value is -0.470. The molecular weight excluding hydrogens is 190 g/mol. The Morgan fingerprint density at radius 3 is 2.64 bits per heavy atom. The lowest BCUT2D eigenvalue weighted by atomic mass is 10.1. The van der Waals surface area contributed by atoms with Gasteiger partial charge in [0.1, 0.15) is 0 Å². The molecule has 0 aliphatic heterocycles. The molecule has 0 fully saturated rings. The van der Waals surface area contributed by atoms with E-state index in [2.05, 4.69) is 45.0 Å². The summed E-state index contributed by atoms with van der Waals surface area (Å²) in [5, 5.41) is 0.658. The van der Waals surface area contributed by atoms with Crippen LogP contribution in [0.2, 0.25) is 0 Å². The van der Waals surface area contributed by atoms with E-state index in [4.69, 9.17) is 5.73 Å². The highest BCUT2D eigenvalue weighted by atomic mass is 32.2. The first-order chi connectivity index (χ1) is 6.59. The first-order valence-electron chi connectivity index (χ1n) is 5.03. The quantitative estimate of drug-likeness (QED) is 0.824. The molecule has 2 heteroatoms. The van der Waals surface area contributed by atoms with Crippen LogP contribution < -0.4 is 5.73 Å². The second-order valence-corrected chi connectivity index (χ2v) is 5.51. The van der Waals surface area contributed by atoms with Crippen LogP contribution in [-0.4, -0.2) is 11.0 Å². The summed E-state index contributed by atoms with van der Waals surface area (Å²) in [5.74, 6) is 1.00. The highest BCUT2D eigenvalue weighted by Crippen LogP contribution is 2.19. The number of benzene rings is 1. The lowest BCUT2D eigenvalue weighted by Gasteiger charge is -2.13. The van der Waals surface area contributed by atoms with Crippen LogP contribution in [0.25, 0.3) is 0 Å². The second-order valence-electron chi connectivity index (χ2n) is 3.90. The van der Waals surface area contributed by atoms with E-state index in [1.165, 1.54) is 11.1 Å². The summed E-state index contributed by atoms with van der Waals surface area (Å²) in [7, 11) is 0. The average Bonchev–Trinajstić information content (AvgIpc) is 2.14. The van der Waals surface area contributed by atoms with Gasteiger partial charge in [-0.05, 0) is 17.7 Å². The molecule has 0 amide bonds. The highest BCUT2D eigenvalue weighted by molar-refractivity contribution is 7.99. The summed E-state index contributed by atoms with van der Waals surface area (Å²) in [6.07, 6.45) is 0. The largest absolute Gasteiger partial charge is 0.323 e. The zero-order valence-electron chi connectivity index (χ0n) is 9.16. The van der Waals surface area contributed by atoms with Crippen LogP contribution in [0, 0.1) is 6.92 Å². The molecule has 0 saturated carbocycles. The van der Waals surface area contributed by atoms with Crippen LogP contribution in [0.3, 0.4) is 0 Å². The molecule has 0 saturated heterocycles. The lowest BCUT2D eigenvalue weighted by molar-refractivity contribution is 0.827. The normalized spacial score (nSPS) is 13.2. The van der Waals surface area contributed by atoms with Gasteiger partial charge in [0.2, 0.25) is 0 Å². The monoisotopic (exact) mass is 209 g/mol. The van der Waals surface area contributed by atoms with Gasteiger partial charge in [0.15, 0.2) is 0 Å². The van der Waals surface area contributed by atoms with Crippen molar-refractivity contribution in [3.63, 3.8) is 0 Å². The summed E-state index contributed by atoms with van der Waals surface area (Å²) in [6.45, 7) is 6.51. The summed E-state index contributed by atoms with van der Waals surface area (Å²) < 4.78 is 0. The number of aryl methyl sites for hydroxylation is 1. The van der Waals surface area contributed by atoms with Crippen LogP contribution in [0.15, 0.2) is 24.3 Å². The number of hydrogen-bond donors (Lipinski definition) is 1. The Morgan fingerprint density at radius 1 is 1.36 bits per heavy atom. The van der Waals surface area contributed by atoms with E-state index in [1.54, 1.807) is 0 Å². The molecule has 2 N–H and O–H groups in total. The van der Waals surface area contributed by atoms with Crippen molar-refractivity contribution in [2.24, 2.45) is 5.73 Å². The number of nitrogens with two attached hydrogens (primary N) is 1. The minimum absolute atomic E-state index is 0.169. The van der Waals surface area contributed by atoms with Gasteiger partial charge in [-0.25, -0.2) is 0 Å². The van der Waals surface area contributed by atoms with E-state index in [0.717, 1.165) is 5.75 Å². The number of rotatable bonds is 4. The summed E-state index contributed by atoms with van der Waals surface area (Å²) in [4.78, 5) is 0. The van der Waals surface area contributed by atoms with E-state index in [-0.39, 0.29) is 6.04 Å². The van der Waals surface area contributed by atoms with Gasteiger partial charge in [-0.15, -0.1) is 0 Å². The fraction of sp³-hybridized carbons (Fsp3) is 0.500. The number of hydrogen-bond acceptors (Lipinski definition) is 2. The lowest BCUT2D eigenvalue weighted by Crippen LogP contribution is -2.14. The van der Waals surface area contributed by atoms with Crippen LogP contribution in [0.5, 0.6) is 0 Å². The highest BCUT2D eigenvalue weighted by Gasteiger charge is 2.06. The predicted molar refractivity (Wildman–Crippen MR) is 65.7 cm³/mol. The molecule has 0 bridgehead atoms. The van der Waals surface area contributed by atoms with Gasteiger partial charge in [0.25, 0.3) is 0 Å². The van der Waals surface area contributed by atoms with Crippen molar-refractivity contribution in [2.45, 2.75) is 32.1 Å². The Morgan fingerprint density at radius 2 is 2.07 bits per heavy atom. The second kappa shape index (κ2) is 5.42. The molecule has 1 aromatic carbocycles. The third-order valence-corrected chi connectivity index (χ3v) is 3.30. The molecule has 0 aliphatic carbocycles. The summed E-state index contributed by atoms with van der Waals surface area (Å²) >= 11 is 1.92. The van der Waals surface area contributed by atoms with Crippen molar-refractivity contribution >= 4 is 11.8 Å². The van der Waals surface area contributed by atoms with Gasteiger partial charge >= 0.3 is 0 Å². The SMILES string of the molecule is Cc1cccc(C(N)CSC(C)C)c1. The Balaban J connectivity index is 2.56. The Bertz CT molecular complexity index is 283. The summed E-state index contributed by atoms with van der Waals surface area (Å²) in [6, 6.07) is 8.63. The third kappa shape index (κ3) is 3.72. The van der Waals surface area contributed by atoms with E-state index >= 15 is 0 Å². The van der Waals surface area contributed by atoms with Crippen LogP contribution in [-0.2, 0) is 0 Å². The third-order valence-electron chi connectivity index (χ3n) is 2.08. The maximum atomic E-state index is 6.09. The Kier molecular flexibility index (Phi) is 4.49. The standard InChI is InChI=1S/C12H19NS/c1-9(2)14-8-12(13)11-6-4-5-10(3)7-11/h4-7,9,12H,8,13H2,1-3H3. The minimum Gasteiger partial charge on any atom is -0.323 e. The van der Waals surface area contributed by atoms with Crippen molar-refractivity contribution in [1.82, 2.24) is 0 Å². The maximum Gasteiger partial charge on any atom is 0.0386 e. The molecular formula is C12H19NS. The molecule has 1 atom stereocenters. The zero-order valence-corrected chi connectivity index (χ0v) is 9.97. The molecule has 1 aromatic rings. The van der Waals surface area contributed by atoms with E-state index < -0.39 is 0 Å². The van der Waals surface area contributed by atoms with Gasteiger partial charge in [-0.1, -0.05) is 43.7 Å². The van der Waals surface area contributed by atoms with Gasteiger partial charge in [0, 0.05) is 11.8 Å². The first kappa shape index (κ1) is 11.6. The van der Waals surface area contributed by atoms with Gasteiger partial charge in [-0.3, -0.25) is 0 Å². The van der Waals surface area contributed by atoms with Gasteiger partial charge < -0.3 is 5.73 Å². The zero-order chi connectivity index (χ0) is 10.6. The molecule has 1 rings (SSSR count). The minimum atomic E-state index is 0.169. The Labute approximate surface area is 91.1 Å². The molecule has 0 heterocycles. The van der Waals surface area contributed by atoms with E-state index in [0.29, 0.717) is 5.25 Å². The van der Waals surface area contributed by atoms with Crippen molar-refractivity contribution < 1.29 is 0 Å². The fourth-order valence-corrected chi connectivity index (χ4v) is 2.08. The van der Waals surface area contributed by atoms with Crippen molar-refractivity contribution in [3.05, 3.63) is 35.4 Å². The smallest absolute Gasteiger partial charge is 0.0386 e. The van der Waals surface area contributed by atoms with Crippen LogP contribution >= 0.6 is 11.8 Å². The molecule has 14 heavy (non-hydrogen) atoms. The number of thioether (sulfide) groups is 1. The molecule has 0 radical (unpaired) electrons. The van der Waals surface area contributed by atoms with Crippen molar-refractivity contribution in [1.29, 1.82) is 0 Å². The maximum absolute atomic E-state index is 6.09. The molecule has 1 nitrogen and oxygen atoms in total. The molecule has 1 unspecified atom stereocenters. The van der Waals surface area contributed by atoms with Gasteiger partial charge in [0.05, 0.1) is 0 Å². The molecule has 0 spiro atoms. The van der Waals surface area contributed by atoms with Gasteiger partial charge in [-0.2, -0.15) is 11.8 Å². The first-order valence-corrected chi connectivity index (χ1v) is 6.08. The van der Waals surface area contributed by atoms with E-state index in [1.807, 2.05) is 11.8 Å². The van der Waals surface area contributed by atoms with Crippen LogP contribution in [0.4, 0.5) is 0 Å². The summed E-state index contributed by atoms with van der Waals surface area (Å²) in [5.41, 5.74) is 8.62. The average molecular weight is 209 g/mol.